The summed E-state index contributed by atoms with van der Waals surface area (Å²) in [5, 5.41) is 17.7. The molecule has 7 aromatic carbocycles. The van der Waals surface area contributed by atoms with Crippen LogP contribution in [0.25, 0.3) is 107 Å². The van der Waals surface area contributed by atoms with Gasteiger partial charge in [0.2, 0.25) is 5.69 Å². The Balaban J connectivity index is 1.19. The topological polar surface area (TPSA) is 58.9 Å². The molecule has 0 spiro atoms. The van der Waals surface area contributed by atoms with E-state index in [1.165, 1.54) is 24.9 Å². The highest BCUT2D eigenvalue weighted by molar-refractivity contribution is 7.26. The van der Waals surface area contributed by atoms with Crippen molar-refractivity contribution >= 4 is 90.5 Å². The number of para-hydroxylation sites is 1. The number of nitrogens with zero attached hydrogens (tertiary/aromatic N) is 5. The summed E-state index contributed by atoms with van der Waals surface area (Å²) in [6.07, 6.45) is 0. The van der Waals surface area contributed by atoms with Crippen molar-refractivity contribution in [3.8, 4) is 45.7 Å². The van der Waals surface area contributed by atoms with Crippen molar-refractivity contribution in [2.75, 3.05) is 0 Å². The van der Waals surface area contributed by atoms with Gasteiger partial charge in [0.05, 0.1) is 34.7 Å². The molecule has 7 heteroatoms. The predicted octanol–water partition coefficient (Wildman–Crippen LogP) is 13.7. The van der Waals surface area contributed by atoms with Crippen LogP contribution in [0.5, 0.6) is 0 Å². The fourth-order valence-corrected chi connectivity index (χ4v) is 10.4. The Morgan fingerprint density at radius 2 is 1.20 bits per heavy atom. The monoisotopic (exact) mass is 735 g/mol. The maximum absolute atomic E-state index is 10.8. The Morgan fingerprint density at radius 3 is 1.95 bits per heavy atom. The number of nitriles is 1. The van der Waals surface area contributed by atoms with Crippen LogP contribution in [-0.4, -0.2) is 14.5 Å². The summed E-state index contributed by atoms with van der Waals surface area (Å²) in [6, 6.07) is 54.2. The Morgan fingerprint density at radius 1 is 0.564 bits per heavy atom. The molecule has 0 N–H and O–H groups in total. The number of fused-ring (bicyclic) bond motifs is 10. The molecule has 4 heterocycles. The van der Waals surface area contributed by atoms with Crippen molar-refractivity contribution in [1.29, 1.82) is 5.26 Å². The molecule has 11 rings (SSSR count). The second kappa shape index (κ2) is 12.2. The quantitative estimate of drug-likeness (QED) is 0.169. The Bertz CT molecular complexity index is 3470. The summed E-state index contributed by atoms with van der Waals surface area (Å²) in [4.78, 5) is 14.5. The number of rotatable bonds is 4. The number of aromatic nitrogens is 3. The number of hydrogen-bond donors (Lipinski definition) is 0. The second-order valence-electron chi connectivity index (χ2n) is 13.5. The van der Waals surface area contributed by atoms with Crippen LogP contribution in [0.3, 0.4) is 0 Å². The van der Waals surface area contributed by atoms with Crippen molar-refractivity contribution in [3.63, 3.8) is 0 Å². The molecule has 0 aliphatic heterocycles. The molecule has 11 aromatic rings. The molecule has 0 radical (unpaired) electrons. The van der Waals surface area contributed by atoms with Gasteiger partial charge in [-0.2, -0.15) is 5.26 Å². The molecule has 5 nitrogen and oxygen atoms in total. The van der Waals surface area contributed by atoms with Gasteiger partial charge in [-0.3, -0.25) is 0 Å². The van der Waals surface area contributed by atoms with Crippen molar-refractivity contribution in [2.45, 2.75) is 0 Å². The van der Waals surface area contributed by atoms with Crippen LogP contribution < -0.4 is 0 Å². The summed E-state index contributed by atoms with van der Waals surface area (Å²) in [5.41, 5.74) is 7.18. The predicted molar refractivity (Wildman–Crippen MR) is 229 cm³/mol. The molecule has 0 amide bonds. The Kier molecular flexibility index (Phi) is 6.96. The van der Waals surface area contributed by atoms with Gasteiger partial charge in [0.25, 0.3) is 0 Å². The lowest BCUT2D eigenvalue weighted by Gasteiger charge is -2.15. The van der Waals surface area contributed by atoms with E-state index >= 15 is 0 Å². The molecule has 0 saturated heterocycles. The van der Waals surface area contributed by atoms with Gasteiger partial charge < -0.3 is 4.57 Å². The molecular weight excluding hydrogens is 711 g/mol. The highest BCUT2D eigenvalue weighted by Gasteiger charge is 2.23. The molecule has 0 bridgehead atoms. The molecule has 254 valence electrons. The molecule has 0 unspecified atom stereocenters. The first-order chi connectivity index (χ1) is 27.2. The normalized spacial score (nSPS) is 11.6. The lowest BCUT2D eigenvalue weighted by molar-refractivity contribution is 1.17. The van der Waals surface area contributed by atoms with Crippen molar-refractivity contribution in [2.24, 2.45) is 0 Å². The van der Waals surface area contributed by atoms with Crippen LogP contribution in [-0.2, 0) is 0 Å². The summed E-state index contributed by atoms with van der Waals surface area (Å²) >= 11 is 3.53. The minimum atomic E-state index is 0.365. The first-order valence-corrected chi connectivity index (χ1v) is 19.5. The fraction of sp³-hybridized carbons (Fsp3) is 0. The van der Waals surface area contributed by atoms with Gasteiger partial charge in [0.1, 0.15) is 11.6 Å². The Labute approximate surface area is 323 Å². The van der Waals surface area contributed by atoms with E-state index in [4.69, 9.17) is 16.5 Å². The zero-order chi connectivity index (χ0) is 36.6. The minimum Gasteiger partial charge on any atom is -0.318 e. The lowest BCUT2D eigenvalue weighted by Crippen LogP contribution is -2.02. The van der Waals surface area contributed by atoms with E-state index in [1.807, 2.05) is 54.6 Å². The van der Waals surface area contributed by atoms with Gasteiger partial charge in [-0.1, -0.05) is 109 Å². The fourth-order valence-electron chi connectivity index (χ4n) is 8.13. The van der Waals surface area contributed by atoms with Crippen molar-refractivity contribution in [3.05, 3.63) is 169 Å². The number of hydrogen-bond acceptors (Lipinski definition) is 5. The zero-order valence-corrected chi connectivity index (χ0v) is 30.6. The van der Waals surface area contributed by atoms with E-state index in [0.29, 0.717) is 34.0 Å². The molecule has 0 fully saturated rings. The summed E-state index contributed by atoms with van der Waals surface area (Å²) in [6.45, 7) is 8.54. The zero-order valence-electron chi connectivity index (χ0n) is 29.0. The van der Waals surface area contributed by atoms with Gasteiger partial charge in [-0.25, -0.2) is 14.8 Å². The van der Waals surface area contributed by atoms with Crippen molar-refractivity contribution < 1.29 is 0 Å². The highest BCUT2D eigenvalue weighted by atomic mass is 32.1. The van der Waals surface area contributed by atoms with Crippen molar-refractivity contribution in [1.82, 2.24) is 14.5 Å². The third kappa shape index (κ3) is 4.68. The van der Waals surface area contributed by atoms with E-state index < -0.39 is 0 Å². The first kappa shape index (κ1) is 31.4. The molecule has 55 heavy (non-hydrogen) atoms. The van der Waals surface area contributed by atoms with Crippen LogP contribution >= 0.6 is 22.7 Å². The average molecular weight is 736 g/mol. The maximum atomic E-state index is 10.8. The van der Waals surface area contributed by atoms with Crippen LogP contribution in [0.2, 0.25) is 0 Å². The molecule has 0 aliphatic carbocycles. The third-order valence-corrected chi connectivity index (χ3v) is 12.8. The van der Waals surface area contributed by atoms with Gasteiger partial charge in [-0.15, -0.1) is 22.7 Å². The van der Waals surface area contributed by atoms with Gasteiger partial charge >= 0.3 is 0 Å². The van der Waals surface area contributed by atoms with E-state index in [1.54, 1.807) is 22.7 Å². The van der Waals surface area contributed by atoms with Crippen LogP contribution in [0, 0.1) is 17.9 Å². The molecule has 0 aliphatic rings. The van der Waals surface area contributed by atoms with E-state index in [2.05, 4.69) is 113 Å². The van der Waals surface area contributed by atoms with Crippen LogP contribution in [0.1, 0.15) is 5.56 Å². The van der Waals surface area contributed by atoms with E-state index in [0.717, 1.165) is 54.1 Å². The summed E-state index contributed by atoms with van der Waals surface area (Å²) < 4.78 is 7.02. The summed E-state index contributed by atoms with van der Waals surface area (Å²) in [7, 11) is 0. The standard InChI is InChI=1S/C48H25N5S2/c1-50-36-26-29(22-24-38(36)53-37-18-8-5-14-30(37)31-23-25-42-44(47(31)53)33-16-7-10-20-40(33)55-42)46-35(27-49)45(28-12-3-2-4-13-28)51-48(52-46)34-17-11-21-41-43(34)32-15-6-9-19-39(32)54-41/h2-26H. The second-order valence-corrected chi connectivity index (χ2v) is 15.6. The maximum Gasteiger partial charge on any atom is 0.211 e. The SMILES string of the molecule is [C-]#[N+]c1cc(-c2nc(-c3cccc4sc5ccccc5c34)nc(-c3ccccc3)c2C#N)ccc1-n1c2ccccc2c2ccc3sc4ccccc4c3c21. The molecule has 4 aromatic heterocycles. The van der Waals surface area contributed by atoms with E-state index in [-0.39, 0.29) is 0 Å². The van der Waals surface area contributed by atoms with Gasteiger partial charge in [-0.05, 0) is 48.0 Å². The van der Waals surface area contributed by atoms with Crippen LogP contribution in [0.4, 0.5) is 5.69 Å². The van der Waals surface area contributed by atoms with Gasteiger partial charge in [0, 0.05) is 62.2 Å². The molecule has 0 atom stereocenters. The Hall–Kier alpha value is -7.16. The first-order valence-electron chi connectivity index (χ1n) is 17.8. The van der Waals surface area contributed by atoms with Gasteiger partial charge in [0.15, 0.2) is 5.82 Å². The largest absolute Gasteiger partial charge is 0.318 e. The average Bonchev–Trinajstić information content (AvgIpc) is 3.93. The molecule has 0 saturated carbocycles. The highest BCUT2D eigenvalue weighted by Crippen LogP contribution is 2.46. The lowest BCUT2D eigenvalue weighted by atomic mass is 9.98. The smallest absolute Gasteiger partial charge is 0.211 e. The number of benzene rings is 7. The molecular formula is C48H25N5S2. The number of thiophene rings is 2. The third-order valence-electron chi connectivity index (χ3n) is 10.5. The minimum absolute atomic E-state index is 0.365. The summed E-state index contributed by atoms with van der Waals surface area (Å²) in [5.74, 6) is 0.532. The van der Waals surface area contributed by atoms with E-state index in [9.17, 15) is 5.26 Å². The van der Waals surface area contributed by atoms with Crippen LogP contribution in [0.15, 0.2) is 152 Å².